The van der Waals surface area contributed by atoms with Crippen molar-refractivity contribution in [2.24, 2.45) is 0 Å². The van der Waals surface area contributed by atoms with E-state index in [4.69, 9.17) is 4.74 Å². The molecule has 0 aliphatic heterocycles. The average Bonchev–Trinajstić information content (AvgIpc) is 2.92. The lowest BCUT2D eigenvalue weighted by Crippen LogP contribution is -2.35. The molecule has 1 atom stereocenters. The van der Waals surface area contributed by atoms with Crippen molar-refractivity contribution in [1.29, 1.82) is 0 Å². The monoisotopic (exact) mass is 387 g/mol. The van der Waals surface area contributed by atoms with Crippen LogP contribution in [0, 0.1) is 3.57 Å². The molecule has 0 saturated carbocycles. The van der Waals surface area contributed by atoms with E-state index in [-0.39, 0.29) is 11.9 Å². The molecule has 106 valence electrons. The highest BCUT2D eigenvalue weighted by Crippen LogP contribution is 2.15. The van der Waals surface area contributed by atoms with E-state index >= 15 is 0 Å². The van der Waals surface area contributed by atoms with Gasteiger partial charge in [0.15, 0.2) is 0 Å². The molecule has 1 unspecified atom stereocenters. The summed E-state index contributed by atoms with van der Waals surface area (Å²) in [6.45, 7) is 2.35. The molecule has 0 aliphatic carbocycles. The van der Waals surface area contributed by atoms with Crippen LogP contribution in [0.5, 0.6) is 0 Å². The maximum absolute atomic E-state index is 12.2. The molecule has 0 fully saturated rings. The maximum Gasteiger partial charge on any atom is 0.251 e. The molecule has 1 aromatic carbocycles. The number of nitrogens with zero attached hydrogens (tertiary/aromatic N) is 4. The Labute approximate surface area is 129 Å². The number of methoxy groups -OCH3 is 1. The first-order chi connectivity index (χ1) is 9.60. The van der Waals surface area contributed by atoms with Crippen LogP contribution in [0.25, 0.3) is 5.69 Å². The van der Waals surface area contributed by atoms with Crippen LogP contribution in [0.3, 0.4) is 0 Å². The lowest BCUT2D eigenvalue weighted by molar-refractivity contribution is 0.0905. The van der Waals surface area contributed by atoms with E-state index in [9.17, 15) is 4.79 Å². The van der Waals surface area contributed by atoms with Gasteiger partial charge in [-0.1, -0.05) is 0 Å². The zero-order valence-corrected chi connectivity index (χ0v) is 13.2. The van der Waals surface area contributed by atoms with Gasteiger partial charge in [0, 0.05) is 22.3 Å². The summed E-state index contributed by atoms with van der Waals surface area (Å²) < 4.78 is 7.44. The summed E-state index contributed by atoms with van der Waals surface area (Å²) in [7, 11) is 1.60. The van der Waals surface area contributed by atoms with Gasteiger partial charge in [-0.15, -0.1) is 5.10 Å². The summed E-state index contributed by atoms with van der Waals surface area (Å²) in [5, 5.41) is 13.9. The van der Waals surface area contributed by atoms with E-state index in [1.165, 1.54) is 11.0 Å². The molecule has 7 nitrogen and oxygen atoms in total. The first-order valence-electron chi connectivity index (χ1n) is 5.94. The number of carbonyl (C=O) groups excluding carboxylic acids is 1. The summed E-state index contributed by atoms with van der Waals surface area (Å²) in [6, 6.07) is 5.39. The zero-order chi connectivity index (χ0) is 14.5. The molecule has 1 heterocycles. The minimum absolute atomic E-state index is 0.0538. The smallest absolute Gasteiger partial charge is 0.251 e. The molecule has 0 spiro atoms. The van der Waals surface area contributed by atoms with Crippen molar-refractivity contribution in [1.82, 2.24) is 25.5 Å². The number of carbonyl (C=O) groups is 1. The molecule has 0 radical (unpaired) electrons. The Kier molecular flexibility index (Phi) is 5.01. The third-order valence-corrected chi connectivity index (χ3v) is 3.18. The fourth-order valence-electron chi connectivity index (χ4n) is 1.72. The van der Waals surface area contributed by atoms with Crippen molar-refractivity contribution in [2.45, 2.75) is 13.0 Å². The molecule has 1 amide bonds. The number of aromatic nitrogens is 4. The van der Waals surface area contributed by atoms with Gasteiger partial charge >= 0.3 is 0 Å². The predicted molar refractivity (Wildman–Crippen MR) is 80.7 cm³/mol. The Bertz CT molecular complexity index is 588. The Hall–Kier alpha value is -1.55. The molecule has 0 saturated heterocycles. The maximum atomic E-state index is 12.2. The fourth-order valence-corrected chi connectivity index (χ4v) is 2.37. The van der Waals surface area contributed by atoms with Crippen LogP contribution in [0.4, 0.5) is 0 Å². The Balaban J connectivity index is 2.22. The number of ether oxygens (including phenoxy) is 1. The topological polar surface area (TPSA) is 81.9 Å². The second-order valence-corrected chi connectivity index (χ2v) is 5.53. The van der Waals surface area contributed by atoms with E-state index in [1.54, 1.807) is 13.2 Å². The van der Waals surface area contributed by atoms with E-state index in [2.05, 4.69) is 43.4 Å². The largest absolute Gasteiger partial charge is 0.383 e. The van der Waals surface area contributed by atoms with E-state index in [0.717, 1.165) is 9.26 Å². The molecule has 2 rings (SSSR count). The van der Waals surface area contributed by atoms with Crippen LogP contribution in [-0.4, -0.2) is 45.9 Å². The van der Waals surface area contributed by atoms with Gasteiger partial charge in [0.1, 0.15) is 6.33 Å². The zero-order valence-electron chi connectivity index (χ0n) is 11.1. The van der Waals surface area contributed by atoms with Crippen LogP contribution in [0.15, 0.2) is 24.5 Å². The van der Waals surface area contributed by atoms with E-state index in [1.807, 2.05) is 19.1 Å². The van der Waals surface area contributed by atoms with Crippen molar-refractivity contribution in [2.75, 3.05) is 13.7 Å². The number of rotatable bonds is 5. The van der Waals surface area contributed by atoms with Crippen molar-refractivity contribution < 1.29 is 9.53 Å². The number of tetrazole rings is 1. The Morgan fingerprint density at radius 3 is 2.95 bits per heavy atom. The third kappa shape index (κ3) is 3.73. The van der Waals surface area contributed by atoms with Crippen LogP contribution in [0.1, 0.15) is 17.3 Å². The van der Waals surface area contributed by atoms with Crippen LogP contribution in [0.2, 0.25) is 0 Å². The summed E-state index contributed by atoms with van der Waals surface area (Å²) in [5.74, 6) is -0.151. The fraction of sp³-hybridized carbons (Fsp3) is 0.333. The summed E-state index contributed by atoms with van der Waals surface area (Å²) in [4.78, 5) is 12.2. The molecule has 20 heavy (non-hydrogen) atoms. The predicted octanol–water partition coefficient (Wildman–Crippen LogP) is 1.03. The van der Waals surface area contributed by atoms with Crippen LogP contribution >= 0.6 is 22.6 Å². The molecule has 1 N–H and O–H groups in total. The van der Waals surface area contributed by atoms with Crippen LogP contribution < -0.4 is 5.32 Å². The highest BCUT2D eigenvalue weighted by Gasteiger charge is 2.12. The summed E-state index contributed by atoms with van der Waals surface area (Å²) in [5.41, 5.74) is 1.30. The van der Waals surface area contributed by atoms with Gasteiger partial charge < -0.3 is 10.1 Å². The van der Waals surface area contributed by atoms with Crippen molar-refractivity contribution in [3.63, 3.8) is 0 Å². The van der Waals surface area contributed by atoms with Gasteiger partial charge in [-0.25, -0.2) is 4.68 Å². The van der Waals surface area contributed by atoms with Gasteiger partial charge in [-0.2, -0.15) is 0 Å². The standard InChI is InChI=1S/C12H14IN5O2/c1-8(6-20-2)15-12(19)9-3-10(13)5-11(4-9)18-7-14-16-17-18/h3-5,7-8H,6H2,1-2H3,(H,15,19). The second-order valence-electron chi connectivity index (χ2n) is 4.28. The number of benzene rings is 1. The normalized spacial score (nSPS) is 12.2. The first kappa shape index (κ1) is 14.9. The Morgan fingerprint density at radius 2 is 2.30 bits per heavy atom. The van der Waals surface area contributed by atoms with Gasteiger partial charge in [0.25, 0.3) is 5.91 Å². The number of hydrogen-bond acceptors (Lipinski definition) is 5. The number of hydrogen-bond donors (Lipinski definition) is 1. The third-order valence-electron chi connectivity index (χ3n) is 2.55. The molecular formula is C12H14IN5O2. The quantitative estimate of drug-likeness (QED) is 0.776. The van der Waals surface area contributed by atoms with E-state index < -0.39 is 0 Å². The number of halogens is 1. The molecule has 2 aromatic rings. The summed E-state index contributed by atoms with van der Waals surface area (Å²) >= 11 is 2.15. The van der Waals surface area contributed by atoms with Crippen molar-refractivity contribution in [3.05, 3.63) is 33.7 Å². The first-order valence-corrected chi connectivity index (χ1v) is 7.02. The lowest BCUT2D eigenvalue weighted by Gasteiger charge is -2.13. The van der Waals surface area contributed by atoms with Crippen molar-refractivity contribution in [3.8, 4) is 5.69 Å². The SMILES string of the molecule is COCC(C)NC(=O)c1cc(I)cc(-n2cnnn2)c1. The van der Waals surface area contributed by atoms with Gasteiger partial charge in [0.2, 0.25) is 0 Å². The second kappa shape index (κ2) is 6.75. The molecule has 1 aromatic heterocycles. The average molecular weight is 387 g/mol. The molecule has 0 aliphatic rings. The molecule has 8 heteroatoms. The van der Waals surface area contributed by atoms with Gasteiger partial charge in [-0.05, 0) is 58.1 Å². The van der Waals surface area contributed by atoms with E-state index in [0.29, 0.717) is 12.2 Å². The minimum Gasteiger partial charge on any atom is -0.383 e. The lowest BCUT2D eigenvalue weighted by atomic mass is 10.2. The van der Waals surface area contributed by atoms with Gasteiger partial charge in [0.05, 0.1) is 12.3 Å². The number of amides is 1. The Morgan fingerprint density at radius 1 is 1.50 bits per heavy atom. The highest BCUT2D eigenvalue weighted by atomic mass is 127. The summed E-state index contributed by atoms with van der Waals surface area (Å²) in [6.07, 6.45) is 1.49. The van der Waals surface area contributed by atoms with Crippen LogP contribution in [-0.2, 0) is 4.74 Å². The minimum atomic E-state index is -0.151. The molecule has 0 bridgehead atoms. The van der Waals surface area contributed by atoms with Crippen molar-refractivity contribution >= 4 is 28.5 Å². The van der Waals surface area contributed by atoms with Gasteiger partial charge in [-0.3, -0.25) is 4.79 Å². The number of nitrogens with one attached hydrogen (secondary N) is 1. The molecular weight excluding hydrogens is 373 g/mol. The highest BCUT2D eigenvalue weighted by molar-refractivity contribution is 14.1.